The molecule has 1 amide bonds. The average molecular weight is 360 g/mol. The van der Waals surface area contributed by atoms with Gasteiger partial charge < -0.3 is 10.0 Å². The van der Waals surface area contributed by atoms with Gasteiger partial charge in [0.1, 0.15) is 0 Å². The Morgan fingerprint density at radius 1 is 1.04 bits per heavy atom. The van der Waals surface area contributed by atoms with Crippen LogP contribution in [0.5, 0.6) is 0 Å². The van der Waals surface area contributed by atoms with Crippen molar-refractivity contribution < 1.29 is 23.1 Å². The first-order valence-electron chi connectivity index (χ1n) is 8.84. The van der Waals surface area contributed by atoms with E-state index >= 15 is 0 Å². The van der Waals surface area contributed by atoms with E-state index in [0.29, 0.717) is 58.0 Å². The standard InChI is InChI=1S/C16H28N2O5S/c1-2-11-24(22,23)17-14-7-9-18(10-8-14)15(19)12-3-5-13(6-4-12)16(20)21/h12-14,17H,2-11H2,1H3,(H,20,21). The van der Waals surface area contributed by atoms with Crippen LogP contribution in [0.1, 0.15) is 51.9 Å². The lowest BCUT2D eigenvalue weighted by molar-refractivity contribution is -0.146. The molecule has 0 radical (unpaired) electrons. The summed E-state index contributed by atoms with van der Waals surface area (Å²) in [5.74, 6) is -0.907. The van der Waals surface area contributed by atoms with Gasteiger partial charge >= 0.3 is 5.97 Å². The number of aliphatic carboxylic acids is 1. The zero-order chi connectivity index (χ0) is 17.7. The molecule has 2 rings (SSSR count). The van der Waals surface area contributed by atoms with Gasteiger partial charge in [-0.15, -0.1) is 0 Å². The van der Waals surface area contributed by atoms with Gasteiger partial charge in [-0.3, -0.25) is 9.59 Å². The van der Waals surface area contributed by atoms with Gasteiger partial charge in [-0.25, -0.2) is 13.1 Å². The van der Waals surface area contributed by atoms with Crippen molar-refractivity contribution in [2.45, 2.75) is 57.9 Å². The predicted octanol–water partition coefficient (Wildman–Crippen LogP) is 1.20. The molecule has 0 spiro atoms. The minimum Gasteiger partial charge on any atom is -0.481 e. The van der Waals surface area contributed by atoms with E-state index in [-0.39, 0.29) is 29.5 Å². The van der Waals surface area contributed by atoms with Gasteiger partial charge in [0, 0.05) is 25.0 Å². The van der Waals surface area contributed by atoms with E-state index in [1.807, 2.05) is 11.8 Å². The molecule has 0 atom stereocenters. The molecule has 24 heavy (non-hydrogen) atoms. The number of carboxylic acids is 1. The fraction of sp³-hybridized carbons (Fsp3) is 0.875. The van der Waals surface area contributed by atoms with E-state index in [1.54, 1.807) is 0 Å². The summed E-state index contributed by atoms with van der Waals surface area (Å²) in [5, 5.41) is 9.02. The molecule has 0 aromatic rings. The third-order valence-corrected chi connectivity index (χ3v) is 6.69. The first-order chi connectivity index (χ1) is 11.3. The van der Waals surface area contributed by atoms with Crippen molar-refractivity contribution in [2.24, 2.45) is 11.8 Å². The average Bonchev–Trinajstić information content (AvgIpc) is 2.54. The van der Waals surface area contributed by atoms with Gasteiger partial charge in [-0.05, 0) is 44.9 Å². The maximum absolute atomic E-state index is 12.6. The summed E-state index contributed by atoms with van der Waals surface area (Å²) >= 11 is 0. The summed E-state index contributed by atoms with van der Waals surface area (Å²) in [6, 6.07) is -0.0895. The Morgan fingerprint density at radius 3 is 2.08 bits per heavy atom. The number of nitrogens with one attached hydrogen (secondary N) is 1. The van der Waals surface area contributed by atoms with Crippen LogP contribution < -0.4 is 4.72 Å². The van der Waals surface area contributed by atoms with Crippen LogP contribution in [0.4, 0.5) is 0 Å². The van der Waals surface area contributed by atoms with Gasteiger partial charge in [0.25, 0.3) is 0 Å². The molecule has 1 aliphatic heterocycles. The van der Waals surface area contributed by atoms with E-state index in [0.717, 1.165) is 0 Å². The Bertz CT molecular complexity index is 547. The lowest BCUT2D eigenvalue weighted by Gasteiger charge is -2.36. The monoisotopic (exact) mass is 360 g/mol. The van der Waals surface area contributed by atoms with Crippen molar-refractivity contribution in [3.8, 4) is 0 Å². The van der Waals surface area contributed by atoms with Crippen LogP contribution in [-0.2, 0) is 19.6 Å². The highest BCUT2D eigenvalue weighted by molar-refractivity contribution is 7.89. The number of carboxylic acid groups (broad SMARTS) is 1. The summed E-state index contributed by atoms with van der Waals surface area (Å²) < 4.78 is 26.3. The van der Waals surface area contributed by atoms with Crippen LogP contribution in [0.3, 0.4) is 0 Å². The quantitative estimate of drug-likeness (QED) is 0.741. The first-order valence-corrected chi connectivity index (χ1v) is 10.5. The predicted molar refractivity (Wildman–Crippen MR) is 89.9 cm³/mol. The Morgan fingerprint density at radius 2 is 1.58 bits per heavy atom. The van der Waals surface area contributed by atoms with Crippen LogP contribution in [0.15, 0.2) is 0 Å². The molecule has 1 aliphatic carbocycles. The third-order valence-electron chi connectivity index (χ3n) is 5.05. The smallest absolute Gasteiger partial charge is 0.306 e. The van der Waals surface area contributed by atoms with Crippen molar-refractivity contribution in [3.05, 3.63) is 0 Å². The van der Waals surface area contributed by atoms with E-state index < -0.39 is 16.0 Å². The molecule has 8 heteroatoms. The number of sulfonamides is 1. The second-order valence-corrected chi connectivity index (χ2v) is 8.80. The molecule has 0 unspecified atom stereocenters. The SMILES string of the molecule is CCCS(=O)(=O)NC1CCN(C(=O)C2CCC(C(=O)O)CC2)CC1. The molecule has 0 aromatic carbocycles. The van der Waals surface area contributed by atoms with Crippen molar-refractivity contribution >= 4 is 21.9 Å². The van der Waals surface area contributed by atoms with E-state index in [4.69, 9.17) is 5.11 Å². The lowest BCUT2D eigenvalue weighted by Crippen LogP contribution is -2.48. The van der Waals surface area contributed by atoms with Crippen LogP contribution in [0, 0.1) is 11.8 Å². The third kappa shape index (κ3) is 5.17. The molecular weight excluding hydrogens is 332 g/mol. The summed E-state index contributed by atoms with van der Waals surface area (Å²) in [7, 11) is -3.21. The summed E-state index contributed by atoms with van der Waals surface area (Å²) in [6.07, 6.45) is 4.28. The van der Waals surface area contributed by atoms with Crippen molar-refractivity contribution in [1.82, 2.24) is 9.62 Å². The Kier molecular flexibility index (Phi) is 6.62. The topological polar surface area (TPSA) is 104 Å². The number of rotatable bonds is 6. The van der Waals surface area contributed by atoms with Gasteiger partial charge in [-0.2, -0.15) is 0 Å². The maximum Gasteiger partial charge on any atom is 0.306 e. The van der Waals surface area contributed by atoms with Gasteiger partial charge in [0.2, 0.25) is 15.9 Å². The minimum atomic E-state index is -3.21. The number of carbonyl (C=O) groups excluding carboxylic acids is 1. The lowest BCUT2D eigenvalue weighted by atomic mass is 9.81. The number of hydrogen-bond donors (Lipinski definition) is 2. The highest BCUT2D eigenvalue weighted by Crippen LogP contribution is 2.30. The zero-order valence-corrected chi connectivity index (χ0v) is 15.1. The molecule has 0 aromatic heterocycles. The normalized spacial score (nSPS) is 26.3. The Hall–Kier alpha value is -1.15. The molecule has 2 fully saturated rings. The molecule has 1 saturated carbocycles. The maximum atomic E-state index is 12.6. The number of piperidine rings is 1. The van der Waals surface area contributed by atoms with Crippen LogP contribution in [-0.4, -0.2) is 55.2 Å². The van der Waals surface area contributed by atoms with Gasteiger partial charge in [0.05, 0.1) is 11.7 Å². The fourth-order valence-electron chi connectivity index (χ4n) is 3.64. The Labute approximate surface area is 143 Å². The molecule has 0 bridgehead atoms. The van der Waals surface area contributed by atoms with E-state index in [1.165, 1.54) is 0 Å². The van der Waals surface area contributed by atoms with Crippen molar-refractivity contribution in [2.75, 3.05) is 18.8 Å². The Balaban J connectivity index is 1.78. The number of likely N-dealkylation sites (tertiary alicyclic amines) is 1. The largest absolute Gasteiger partial charge is 0.481 e. The zero-order valence-electron chi connectivity index (χ0n) is 14.2. The van der Waals surface area contributed by atoms with Gasteiger partial charge in [-0.1, -0.05) is 6.92 Å². The second kappa shape index (κ2) is 8.29. The molecule has 2 aliphatic rings. The molecule has 1 heterocycles. The fourth-order valence-corrected chi connectivity index (χ4v) is 5.04. The number of amides is 1. The van der Waals surface area contributed by atoms with Crippen LogP contribution in [0.2, 0.25) is 0 Å². The summed E-state index contributed by atoms with van der Waals surface area (Å²) in [6.45, 7) is 2.97. The van der Waals surface area contributed by atoms with E-state index in [2.05, 4.69) is 4.72 Å². The molecule has 138 valence electrons. The highest BCUT2D eigenvalue weighted by atomic mass is 32.2. The molecule has 1 saturated heterocycles. The van der Waals surface area contributed by atoms with Crippen molar-refractivity contribution in [3.63, 3.8) is 0 Å². The molecule has 7 nitrogen and oxygen atoms in total. The first kappa shape index (κ1) is 19.2. The summed E-state index contributed by atoms with van der Waals surface area (Å²) in [5.41, 5.74) is 0. The van der Waals surface area contributed by atoms with Crippen LogP contribution in [0.25, 0.3) is 0 Å². The number of carbonyl (C=O) groups is 2. The minimum absolute atomic E-state index is 0.0751. The van der Waals surface area contributed by atoms with Gasteiger partial charge in [0.15, 0.2) is 0 Å². The molecule has 2 N–H and O–H groups in total. The van der Waals surface area contributed by atoms with E-state index in [9.17, 15) is 18.0 Å². The molecular formula is C16H28N2O5S. The summed E-state index contributed by atoms with van der Waals surface area (Å²) in [4.78, 5) is 25.4. The second-order valence-electron chi connectivity index (χ2n) is 6.92. The number of nitrogens with zero attached hydrogens (tertiary/aromatic N) is 1. The van der Waals surface area contributed by atoms with Crippen LogP contribution >= 0.6 is 0 Å². The number of hydrogen-bond acceptors (Lipinski definition) is 4. The van der Waals surface area contributed by atoms with Crippen molar-refractivity contribution in [1.29, 1.82) is 0 Å². The highest BCUT2D eigenvalue weighted by Gasteiger charge is 2.33.